The number of carbonyl (C=O) groups is 4. The number of ether oxygens (including phenoxy) is 2. The molecule has 0 aliphatic carbocycles. The number of hydrogen-bond acceptors (Lipinski definition) is 7. The maximum absolute atomic E-state index is 13.7. The maximum atomic E-state index is 13.7. The minimum Gasteiger partial charge on any atom is -0.484 e. The number of nitrogens with two attached hydrogens (primary N) is 1. The van der Waals surface area contributed by atoms with E-state index in [1.165, 1.54) is 19.1 Å². The molecule has 0 radical (unpaired) electrons. The van der Waals surface area contributed by atoms with Gasteiger partial charge in [0.2, 0.25) is 5.91 Å². The molecule has 0 aromatic heterocycles. The number of amides is 2. The zero-order valence-corrected chi connectivity index (χ0v) is 24.5. The van der Waals surface area contributed by atoms with Crippen molar-refractivity contribution in [1.82, 2.24) is 10.6 Å². The van der Waals surface area contributed by atoms with E-state index in [0.29, 0.717) is 23.3 Å². The molecule has 2 aromatic carbocycles. The molecule has 218 valence electrons. The molecule has 12 heteroatoms. The molecule has 1 aliphatic heterocycles. The summed E-state index contributed by atoms with van der Waals surface area (Å²) >= 11 is 5.87. The van der Waals surface area contributed by atoms with E-state index in [1.54, 1.807) is 32.0 Å². The molecular weight excluding hydrogens is 564 g/mol. The third kappa shape index (κ3) is 7.93. The van der Waals surface area contributed by atoms with E-state index < -0.39 is 53.9 Å². The lowest BCUT2D eigenvalue weighted by Crippen LogP contribution is -2.56. The number of carbonyl (C=O) groups excluding carboxylic acids is 4. The molecule has 0 saturated heterocycles. The van der Waals surface area contributed by atoms with Crippen molar-refractivity contribution in [3.05, 3.63) is 63.9 Å². The number of Topliss-reactive ketones (excluding diaryl/α,β-unsaturated/α-hetero) is 1. The minimum absolute atomic E-state index is 0. The van der Waals surface area contributed by atoms with Crippen LogP contribution in [-0.4, -0.2) is 47.9 Å². The van der Waals surface area contributed by atoms with Crippen LogP contribution in [0.1, 0.15) is 73.4 Å². The van der Waals surface area contributed by atoms with Gasteiger partial charge in [0.15, 0.2) is 11.9 Å². The van der Waals surface area contributed by atoms with Crippen molar-refractivity contribution < 1.29 is 33.0 Å². The summed E-state index contributed by atoms with van der Waals surface area (Å²) in [4.78, 5) is 50.5. The van der Waals surface area contributed by atoms with Crippen LogP contribution < -0.4 is 21.1 Å². The van der Waals surface area contributed by atoms with Crippen molar-refractivity contribution in [3.63, 3.8) is 0 Å². The van der Waals surface area contributed by atoms with Gasteiger partial charge >= 0.3 is 5.97 Å². The molecule has 1 aliphatic rings. The monoisotopic (exact) mass is 597 g/mol. The van der Waals surface area contributed by atoms with Gasteiger partial charge in [-0.1, -0.05) is 25.4 Å². The highest BCUT2D eigenvalue weighted by Crippen LogP contribution is 2.42. The zero-order valence-electron chi connectivity index (χ0n) is 22.9. The standard InChI is InChI=1S/C28H33ClFN3O6.ClH/c1-14(2)10-21(31)27(37)32-13-23(35)38-25-24(33-26(36)17-6-8-20(30)19(29)12-17)18-11-16(15(3)34)7-9-22(18)39-28(25,4)5;/h6-9,11-12,14,21,24-25H,10,13,31H2,1-5H3,(H,32,37)(H,33,36);1H/t21-,24+,25-;/m0./s1. The lowest BCUT2D eigenvalue weighted by Gasteiger charge is -2.44. The zero-order chi connectivity index (χ0) is 29.1. The van der Waals surface area contributed by atoms with Gasteiger partial charge in [-0.25, -0.2) is 4.39 Å². The Morgan fingerprint density at radius 3 is 2.38 bits per heavy atom. The fourth-order valence-corrected chi connectivity index (χ4v) is 4.50. The van der Waals surface area contributed by atoms with Crippen molar-refractivity contribution in [2.75, 3.05) is 6.54 Å². The molecule has 3 rings (SSSR count). The average molecular weight is 598 g/mol. The van der Waals surface area contributed by atoms with Crippen LogP contribution in [0.2, 0.25) is 5.02 Å². The highest BCUT2D eigenvalue weighted by Gasteiger charge is 2.47. The van der Waals surface area contributed by atoms with Gasteiger partial charge in [0.25, 0.3) is 5.91 Å². The number of benzene rings is 2. The molecule has 4 N–H and O–H groups in total. The SMILES string of the molecule is CC(=O)c1ccc2c(c1)[C@@H](NC(=O)c1ccc(F)c(Cl)c1)[C@H](OC(=O)CNC(=O)[C@@H](N)CC(C)C)C(C)(C)O2.Cl. The second-order valence-corrected chi connectivity index (χ2v) is 10.9. The number of esters is 1. The second-order valence-electron chi connectivity index (χ2n) is 10.5. The van der Waals surface area contributed by atoms with E-state index in [2.05, 4.69) is 10.6 Å². The molecule has 40 heavy (non-hydrogen) atoms. The normalized spacial score (nSPS) is 17.9. The summed E-state index contributed by atoms with van der Waals surface area (Å²) in [5, 5.41) is 5.07. The van der Waals surface area contributed by atoms with Gasteiger partial charge < -0.3 is 25.8 Å². The molecule has 0 unspecified atom stereocenters. The molecule has 9 nitrogen and oxygen atoms in total. The number of halogens is 3. The number of rotatable bonds is 9. The van der Waals surface area contributed by atoms with Crippen LogP contribution >= 0.6 is 24.0 Å². The number of nitrogens with one attached hydrogen (secondary N) is 2. The first-order valence-electron chi connectivity index (χ1n) is 12.5. The summed E-state index contributed by atoms with van der Waals surface area (Å²) in [5.41, 5.74) is 5.58. The Kier molecular flexibility index (Phi) is 11.1. The Morgan fingerprint density at radius 2 is 1.77 bits per heavy atom. The van der Waals surface area contributed by atoms with Crippen LogP contribution in [0, 0.1) is 11.7 Å². The smallest absolute Gasteiger partial charge is 0.325 e. The van der Waals surface area contributed by atoms with Gasteiger partial charge in [-0.3, -0.25) is 19.2 Å². The van der Waals surface area contributed by atoms with Crippen LogP contribution in [-0.2, 0) is 14.3 Å². The molecule has 1 heterocycles. The van der Waals surface area contributed by atoms with Gasteiger partial charge in [0.05, 0.1) is 17.1 Å². The van der Waals surface area contributed by atoms with Crippen LogP contribution in [0.25, 0.3) is 0 Å². The minimum atomic E-state index is -1.14. The molecule has 3 atom stereocenters. The Labute approximate surface area is 243 Å². The van der Waals surface area contributed by atoms with Gasteiger partial charge in [-0.15, -0.1) is 12.4 Å². The third-order valence-corrected chi connectivity index (χ3v) is 6.60. The van der Waals surface area contributed by atoms with E-state index in [1.807, 2.05) is 13.8 Å². The van der Waals surface area contributed by atoms with Crippen LogP contribution in [0.15, 0.2) is 36.4 Å². The summed E-state index contributed by atoms with van der Waals surface area (Å²) in [6.07, 6.45) is -0.637. The van der Waals surface area contributed by atoms with Crippen LogP contribution in [0.4, 0.5) is 4.39 Å². The fourth-order valence-electron chi connectivity index (χ4n) is 4.32. The van der Waals surface area contributed by atoms with Gasteiger partial charge in [0.1, 0.15) is 23.7 Å². The Bertz CT molecular complexity index is 1290. The van der Waals surface area contributed by atoms with Crippen molar-refractivity contribution in [3.8, 4) is 5.75 Å². The van der Waals surface area contributed by atoms with Crippen molar-refractivity contribution in [2.45, 2.75) is 64.8 Å². The highest BCUT2D eigenvalue weighted by molar-refractivity contribution is 6.31. The Hall–Kier alpha value is -3.21. The summed E-state index contributed by atoms with van der Waals surface area (Å²) in [6.45, 7) is 8.15. The molecule has 0 fully saturated rings. The molecular formula is C28H34Cl2FN3O6. The molecule has 0 spiro atoms. The lowest BCUT2D eigenvalue weighted by molar-refractivity contribution is -0.164. The van der Waals surface area contributed by atoms with Crippen molar-refractivity contribution in [2.24, 2.45) is 11.7 Å². The molecule has 0 bridgehead atoms. The first kappa shape index (κ1) is 33.0. The predicted octanol–water partition coefficient (Wildman–Crippen LogP) is 4.15. The van der Waals surface area contributed by atoms with Crippen molar-refractivity contribution >= 4 is 47.6 Å². The summed E-state index contributed by atoms with van der Waals surface area (Å²) < 4.78 is 25.6. The summed E-state index contributed by atoms with van der Waals surface area (Å²) in [6, 6.07) is 6.53. The predicted molar refractivity (Wildman–Crippen MR) is 150 cm³/mol. The first-order chi connectivity index (χ1) is 18.2. The molecule has 0 saturated carbocycles. The van der Waals surface area contributed by atoms with Gasteiger partial charge in [0, 0.05) is 16.7 Å². The average Bonchev–Trinajstić information content (AvgIpc) is 2.85. The summed E-state index contributed by atoms with van der Waals surface area (Å²) in [7, 11) is 0. The van der Waals surface area contributed by atoms with E-state index >= 15 is 0 Å². The van der Waals surface area contributed by atoms with Crippen molar-refractivity contribution in [1.29, 1.82) is 0 Å². The Balaban J connectivity index is 0.00000560. The molecule has 2 amide bonds. The number of hydrogen-bond donors (Lipinski definition) is 3. The lowest BCUT2D eigenvalue weighted by atomic mass is 9.85. The quantitative estimate of drug-likeness (QED) is 0.292. The maximum Gasteiger partial charge on any atom is 0.325 e. The molecule has 2 aromatic rings. The topological polar surface area (TPSA) is 137 Å². The first-order valence-corrected chi connectivity index (χ1v) is 12.9. The van der Waals surface area contributed by atoms with E-state index in [4.69, 9.17) is 26.8 Å². The van der Waals surface area contributed by atoms with E-state index in [9.17, 15) is 23.6 Å². The third-order valence-electron chi connectivity index (χ3n) is 6.31. The van der Waals surface area contributed by atoms with Gasteiger partial charge in [-0.05, 0) is 69.5 Å². The number of ketones is 1. The van der Waals surface area contributed by atoms with E-state index in [0.717, 1.165) is 6.07 Å². The fraction of sp³-hybridized carbons (Fsp3) is 0.429. The van der Waals surface area contributed by atoms with E-state index in [-0.39, 0.29) is 34.7 Å². The highest BCUT2D eigenvalue weighted by atomic mass is 35.5. The van der Waals surface area contributed by atoms with Gasteiger partial charge in [-0.2, -0.15) is 0 Å². The van der Waals surface area contributed by atoms with Crippen LogP contribution in [0.3, 0.4) is 0 Å². The second kappa shape index (κ2) is 13.4. The van der Waals surface area contributed by atoms with Crippen LogP contribution in [0.5, 0.6) is 5.75 Å². The largest absolute Gasteiger partial charge is 0.484 e. The Morgan fingerprint density at radius 1 is 1.12 bits per heavy atom. The number of fused-ring (bicyclic) bond motifs is 1. The summed E-state index contributed by atoms with van der Waals surface area (Å²) in [5.74, 6) is -2.21.